The Hall–Kier alpha value is -1.59. The Bertz CT molecular complexity index is 318. The Labute approximate surface area is 69.2 Å². The molecule has 0 aromatic carbocycles. The number of carboxylic acid groups (broad SMARTS) is 1. The first-order valence-electron chi connectivity index (χ1n) is 3.41. The third-order valence-electron chi connectivity index (χ3n) is 1.58. The lowest BCUT2D eigenvalue weighted by Crippen LogP contribution is -2.46. The molecule has 1 aromatic rings. The molecule has 6 heteroatoms. The molecule has 1 rings (SSSR count). The minimum atomic E-state index is -1.18. The molecule has 0 bridgehead atoms. The van der Waals surface area contributed by atoms with Gasteiger partial charge < -0.3 is 15.6 Å². The molecule has 2 N–H and O–H groups in total. The zero-order chi connectivity index (χ0) is 9.30. The van der Waals surface area contributed by atoms with Crippen molar-refractivity contribution in [2.24, 2.45) is 7.05 Å². The smallest absolute Gasteiger partial charge is 0.342 e. The molecule has 0 fully saturated rings. The molecule has 0 aliphatic heterocycles. The van der Waals surface area contributed by atoms with Gasteiger partial charge in [-0.1, -0.05) is 0 Å². The number of carbonyl (C=O) groups excluding carboxylic acids is 1. The normalized spacial score (nSPS) is 10.2. The summed E-state index contributed by atoms with van der Waals surface area (Å²) < 4.78 is 2.79. The molecule has 1 aromatic heterocycles. The van der Waals surface area contributed by atoms with Gasteiger partial charge in [-0.3, -0.25) is 0 Å². The summed E-state index contributed by atoms with van der Waals surface area (Å²) in [7, 11) is 1.65. The highest BCUT2D eigenvalue weighted by molar-refractivity contribution is 5.62. The first kappa shape index (κ1) is 8.51. The molecular formula is C6H10N4O2. The molecule has 0 unspecified atom stereocenters. The summed E-state index contributed by atoms with van der Waals surface area (Å²) in [6.45, 7) is 1.42. The third kappa shape index (κ3) is 1.36. The van der Waals surface area contributed by atoms with Crippen LogP contribution in [0.1, 0.15) is 5.82 Å². The van der Waals surface area contributed by atoms with E-state index in [4.69, 9.17) is 5.73 Å². The van der Waals surface area contributed by atoms with Gasteiger partial charge in [0.2, 0.25) is 5.82 Å². The topological polar surface area (TPSA) is 87.9 Å². The van der Waals surface area contributed by atoms with E-state index < -0.39 is 5.97 Å². The predicted molar refractivity (Wildman–Crippen MR) is 37.6 cm³/mol. The molecule has 66 valence electrons. The monoisotopic (exact) mass is 170 g/mol. The fraction of sp³-hybridized carbons (Fsp3) is 0.500. The van der Waals surface area contributed by atoms with E-state index in [0.717, 1.165) is 0 Å². The molecule has 0 aliphatic rings. The molecule has 0 amide bonds. The highest BCUT2D eigenvalue weighted by Crippen LogP contribution is 1.92. The van der Waals surface area contributed by atoms with Crippen LogP contribution >= 0.6 is 0 Å². The van der Waals surface area contributed by atoms with Gasteiger partial charge in [0.25, 0.3) is 0 Å². The molecule has 0 saturated heterocycles. The van der Waals surface area contributed by atoms with Crippen LogP contribution in [0.5, 0.6) is 0 Å². The van der Waals surface area contributed by atoms with Gasteiger partial charge in [0.15, 0.2) is 0 Å². The molecule has 0 spiro atoms. The number of nitrogens with zero attached hydrogens (tertiary/aromatic N) is 3. The van der Waals surface area contributed by atoms with Crippen LogP contribution in [0, 0.1) is 6.92 Å². The van der Waals surface area contributed by atoms with Gasteiger partial charge in [-0.2, -0.15) is 0 Å². The number of aryl methyl sites for hydroxylation is 2. The average Bonchev–Trinajstić information content (AvgIpc) is 2.16. The number of carboxylic acids is 1. The van der Waals surface area contributed by atoms with E-state index in [9.17, 15) is 9.90 Å². The van der Waals surface area contributed by atoms with Crippen molar-refractivity contribution >= 4 is 11.9 Å². The third-order valence-corrected chi connectivity index (χ3v) is 1.58. The van der Waals surface area contributed by atoms with Gasteiger partial charge in [-0.05, 0) is 5.10 Å². The zero-order valence-electron chi connectivity index (χ0n) is 6.94. The van der Waals surface area contributed by atoms with Crippen molar-refractivity contribution < 1.29 is 14.5 Å². The fourth-order valence-electron chi connectivity index (χ4n) is 0.987. The number of aromatic nitrogens is 3. The molecule has 0 saturated carbocycles. The van der Waals surface area contributed by atoms with Crippen molar-refractivity contribution in [1.29, 1.82) is 0 Å². The van der Waals surface area contributed by atoms with Gasteiger partial charge in [-0.25, -0.2) is 4.57 Å². The van der Waals surface area contributed by atoms with Crippen molar-refractivity contribution in [2.45, 2.75) is 13.5 Å². The van der Waals surface area contributed by atoms with E-state index in [2.05, 4.69) is 5.10 Å². The summed E-state index contributed by atoms with van der Waals surface area (Å²) in [6, 6.07) is 0. The molecule has 12 heavy (non-hydrogen) atoms. The van der Waals surface area contributed by atoms with Gasteiger partial charge >= 0.3 is 5.95 Å². The average molecular weight is 170 g/mol. The summed E-state index contributed by atoms with van der Waals surface area (Å²) in [5, 5.41) is 14.2. The highest BCUT2D eigenvalue weighted by Gasteiger charge is 2.15. The van der Waals surface area contributed by atoms with E-state index in [1.165, 1.54) is 9.25 Å². The number of nitrogens with two attached hydrogens (primary N) is 1. The molecule has 0 atom stereocenters. The van der Waals surface area contributed by atoms with E-state index >= 15 is 0 Å². The lowest BCUT2D eigenvalue weighted by atomic mass is 10.6. The second kappa shape index (κ2) is 2.80. The van der Waals surface area contributed by atoms with Crippen molar-refractivity contribution in [3.05, 3.63) is 5.82 Å². The van der Waals surface area contributed by atoms with Gasteiger partial charge in [0.05, 0.1) is 13.0 Å². The second-order valence-electron chi connectivity index (χ2n) is 2.49. The Kier molecular flexibility index (Phi) is 1.99. The minimum Gasteiger partial charge on any atom is -0.547 e. The molecule has 1 heterocycles. The van der Waals surface area contributed by atoms with Crippen LogP contribution in [0.15, 0.2) is 0 Å². The molecule has 0 aliphatic carbocycles. The fourth-order valence-corrected chi connectivity index (χ4v) is 0.987. The van der Waals surface area contributed by atoms with E-state index in [0.29, 0.717) is 11.8 Å². The van der Waals surface area contributed by atoms with Crippen LogP contribution in [-0.2, 0) is 18.4 Å². The van der Waals surface area contributed by atoms with E-state index in [1.54, 1.807) is 14.0 Å². The van der Waals surface area contributed by atoms with Crippen LogP contribution in [0.2, 0.25) is 0 Å². The number of carbonyl (C=O) groups is 1. The molecule has 6 nitrogen and oxygen atoms in total. The summed E-state index contributed by atoms with van der Waals surface area (Å²) in [4.78, 5) is 10.3. The van der Waals surface area contributed by atoms with Gasteiger partial charge in [-0.15, -0.1) is 4.68 Å². The Balaban J connectivity index is 3.05. The van der Waals surface area contributed by atoms with Crippen LogP contribution in [-0.4, -0.2) is 15.7 Å². The lowest BCUT2D eigenvalue weighted by Gasteiger charge is -2.00. The van der Waals surface area contributed by atoms with Crippen molar-refractivity contribution in [3.63, 3.8) is 0 Å². The number of hydrogen-bond donors (Lipinski definition) is 1. The number of nitrogen functional groups attached to an aromatic ring is 1. The van der Waals surface area contributed by atoms with Crippen molar-refractivity contribution in [3.8, 4) is 0 Å². The van der Waals surface area contributed by atoms with Gasteiger partial charge in [0, 0.05) is 6.92 Å². The molecule has 0 radical (unpaired) electrons. The number of aliphatic carboxylic acids is 1. The second-order valence-corrected chi connectivity index (χ2v) is 2.49. The van der Waals surface area contributed by atoms with Crippen LogP contribution in [0.25, 0.3) is 0 Å². The summed E-state index contributed by atoms with van der Waals surface area (Å²) >= 11 is 0. The SMILES string of the molecule is Cc1nn(C)c(N)[n+]1CC(=O)[O-]. The molecular weight excluding hydrogens is 160 g/mol. The van der Waals surface area contributed by atoms with Crippen LogP contribution < -0.4 is 15.4 Å². The lowest BCUT2D eigenvalue weighted by molar-refractivity contribution is -0.683. The van der Waals surface area contributed by atoms with Crippen LogP contribution in [0.3, 0.4) is 0 Å². The first-order valence-corrected chi connectivity index (χ1v) is 3.41. The minimum absolute atomic E-state index is 0.258. The standard InChI is InChI=1S/C6H10N4O2/c1-4-8-9(2)6(7)10(4)3-5(11)12/h7H,3H2,1-2H3,(H,11,12). The summed E-state index contributed by atoms with van der Waals surface area (Å²) in [6.07, 6.45) is 0. The maximum Gasteiger partial charge on any atom is 0.342 e. The largest absolute Gasteiger partial charge is 0.547 e. The number of rotatable bonds is 2. The van der Waals surface area contributed by atoms with Crippen molar-refractivity contribution in [2.75, 3.05) is 5.73 Å². The quantitative estimate of drug-likeness (QED) is 0.491. The van der Waals surface area contributed by atoms with E-state index in [-0.39, 0.29) is 6.54 Å². The Morgan fingerprint density at radius 1 is 1.83 bits per heavy atom. The number of hydrogen-bond acceptors (Lipinski definition) is 4. The summed E-state index contributed by atoms with van der Waals surface area (Å²) in [5.74, 6) is -0.321. The first-order chi connectivity index (χ1) is 5.52. The van der Waals surface area contributed by atoms with E-state index in [1.807, 2.05) is 0 Å². The predicted octanol–water partition coefficient (Wildman–Crippen LogP) is -2.65. The Morgan fingerprint density at radius 2 is 2.42 bits per heavy atom. The maximum absolute atomic E-state index is 10.3. The summed E-state index contributed by atoms with van der Waals surface area (Å²) in [5.41, 5.74) is 5.52. The maximum atomic E-state index is 10.3. The highest BCUT2D eigenvalue weighted by atomic mass is 16.4. The van der Waals surface area contributed by atoms with Crippen LogP contribution in [0.4, 0.5) is 5.95 Å². The zero-order valence-corrected chi connectivity index (χ0v) is 6.94. The number of anilines is 1. The van der Waals surface area contributed by atoms with Crippen molar-refractivity contribution in [1.82, 2.24) is 9.78 Å². The van der Waals surface area contributed by atoms with Gasteiger partial charge in [0.1, 0.15) is 6.54 Å². The Morgan fingerprint density at radius 3 is 2.75 bits per heavy atom.